The van der Waals surface area contributed by atoms with Crippen molar-refractivity contribution in [3.05, 3.63) is 41.0 Å². The van der Waals surface area contributed by atoms with Crippen LogP contribution in [0.2, 0.25) is 5.02 Å². The summed E-state index contributed by atoms with van der Waals surface area (Å²) in [4.78, 5) is 15.2. The molecule has 0 atom stereocenters. The normalized spacial score (nSPS) is 23.9. The molecule has 0 unspecified atom stereocenters. The summed E-state index contributed by atoms with van der Waals surface area (Å²) < 4.78 is 0. The summed E-state index contributed by atoms with van der Waals surface area (Å²) in [6, 6.07) is 8.33. The van der Waals surface area contributed by atoms with Gasteiger partial charge in [-0.15, -0.1) is 0 Å². The molecule has 0 spiro atoms. The number of hydrogen-bond donors (Lipinski definition) is 2. The summed E-state index contributed by atoms with van der Waals surface area (Å²) in [6.45, 7) is 2.43. The Hall–Kier alpha value is -1.85. The minimum Gasteiger partial charge on any atom is -0.349 e. The van der Waals surface area contributed by atoms with Gasteiger partial charge in [0.15, 0.2) is 0 Å². The lowest BCUT2D eigenvalue weighted by atomic mass is 9.84. The standard InChI is InChI=1S/C19H23ClN4O/c20-14-6-4-13(5-7-14)18-17(12-21-23-18)19(25)22-15-10-16(11-15)24-8-2-1-3-9-24/h4-7,12,15-16H,1-3,8-11H2,(H,21,23)(H,22,25). The number of benzene rings is 1. The number of nitrogens with one attached hydrogen (secondary N) is 2. The molecule has 2 heterocycles. The first-order valence-electron chi connectivity index (χ1n) is 9.05. The van der Waals surface area contributed by atoms with Gasteiger partial charge in [-0.25, -0.2) is 0 Å². The zero-order valence-electron chi connectivity index (χ0n) is 14.2. The van der Waals surface area contributed by atoms with Crippen molar-refractivity contribution < 1.29 is 4.79 Å². The molecule has 5 nitrogen and oxygen atoms in total. The molecule has 1 aliphatic carbocycles. The number of likely N-dealkylation sites (tertiary alicyclic amines) is 1. The van der Waals surface area contributed by atoms with Gasteiger partial charge in [0.2, 0.25) is 0 Å². The fourth-order valence-corrected chi connectivity index (χ4v) is 3.97. The fourth-order valence-electron chi connectivity index (χ4n) is 3.85. The minimum absolute atomic E-state index is 0.0548. The predicted octanol–water partition coefficient (Wildman–Crippen LogP) is 3.48. The van der Waals surface area contributed by atoms with Crippen molar-refractivity contribution in [3.63, 3.8) is 0 Å². The number of H-pyrrole nitrogens is 1. The van der Waals surface area contributed by atoms with Gasteiger partial charge >= 0.3 is 0 Å². The summed E-state index contributed by atoms with van der Waals surface area (Å²) in [6.07, 6.45) is 7.69. The highest BCUT2D eigenvalue weighted by Gasteiger charge is 2.35. The Morgan fingerprint density at radius 1 is 1.16 bits per heavy atom. The lowest BCUT2D eigenvalue weighted by Gasteiger charge is -2.44. The Kier molecular flexibility index (Phi) is 4.77. The van der Waals surface area contributed by atoms with E-state index >= 15 is 0 Å². The molecule has 1 aromatic carbocycles. The van der Waals surface area contributed by atoms with Crippen molar-refractivity contribution in [1.29, 1.82) is 0 Å². The van der Waals surface area contributed by atoms with Gasteiger partial charge in [0, 0.05) is 22.7 Å². The van der Waals surface area contributed by atoms with Crippen LogP contribution in [0.15, 0.2) is 30.5 Å². The molecule has 2 aromatic rings. The van der Waals surface area contributed by atoms with E-state index in [1.807, 2.05) is 24.3 Å². The molecule has 1 aliphatic heterocycles. The molecule has 2 aliphatic rings. The number of carbonyl (C=O) groups excluding carboxylic acids is 1. The summed E-state index contributed by atoms with van der Waals surface area (Å²) >= 11 is 5.94. The van der Waals surface area contributed by atoms with Crippen LogP contribution in [-0.4, -0.2) is 46.2 Å². The van der Waals surface area contributed by atoms with Crippen molar-refractivity contribution in [2.24, 2.45) is 0 Å². The number of amides is 1. The van der Waals surface area contributed by atoms with Gasteiger partial charge in [0.05, 0.1) is 17.5 Å². The molecule has 6 heteroatoms. The first-order chi connectivity index (χ1) is 12.2. The van der Waals surface area contributed by atoms with Gasteiger partial charge in [-0.05, 0) is 50.9 Å². The number of rotatable bonds is 4. The molecule has 1 saturated heterocycles. The number of hydrogen-bond acceptors (Lipinski definition) is 3. The van der Waals surface area contributed by atoms with Gasteiger partial charge in [0.1, 0.15) is 0 Å². The number of nitrogens with zero attached hydrogens (tertiary/aromatic N) is 2. The van der Waals surface area contributed by atoms with Crippen LogP contribution in [-0.2, 0) is 0 Å². The van der Waals surface area contributed by atoms with Crippen molar-refractivity contribution in [2.45, 2.75) is 44.2 Å². The van der Waals surface area contributed by atoms with Crippen LogP contribution in [0.25, 0.3) is 11.3 Å². The van der Waals surface area contributed by atoms with Crippen LogP contribution in [0.1, 0.15) is 42.5 Å². The van der Waals surface area contributed by atoms with E-state index in [-0.39, 0.29) is 11.9 Å². The summed E-state index contributed by atoms with van der Waals surface area (Å²) in [7, 11) is 0. The van der Waals surface area contributed by atoms with Gasteiger partial charge in [-0.2, -0.15) is 5.10 Å². The molecule has 0 bridgehead atoms. The Morgan fingerprint density at radius 2 is 1.88 bits per heavy atom. The maximum absolute atomic E-state index is 12.6. The molecule has 25 heavy (non-hydrogen) atoms. The SMILES string of the molecule is O=C(NC1CC(N2CCCCC2)C1)c1cn[nH]c1-c1ccc(Cl)cc1. The van der Waals surface area contributed by atoms with Crippen LogP contribution < -0.4 is 5.32 Å². The zero-order valence-corrected chi connectivity index (χ0v) is 14.9. The first kappa shape index (κ1) is 16.6. The number of halogens is 1. The minimum atomic E-state index is -0.0548. The van der Waals surface area contributed by atoms with Crippen molar-refractivity contribution in [3.8, 4) is 11.3 Å². The molecular formula is C19H23ClN4O. The molecule has 4 rings (SSSR count). The summed E-state index contributed by atoms with van der Waals surface area (Å²) in [5.74, 6) is -0.0548. The lowest BCUT2D eigenvalue weighted by Crippen LogP contribution is -2.54. The van der Waals surface area contributed by atoms with Gasteiger partial charge in [-0.3, -0.25) is 9.89 Å². The smallest absolute Gasteiger partial charge is 0.255 e. The highest BCUT2D eigenvalue weighted by Crippen LogP contribution is 2.29. The van der Waals surface area contributed by atoms with Crippen LogP contribution in [0.4, 0.5) is 0 Å². The molecule has 2 fully saturated rings. The van der Waals surface area contributed by atoms with Crippen LogP contribution in [0.5, 0.6) is 0 Å². The van der Waals surface area contributed by atoms with Crippen molar-refractivity contribution >= 4 is 17.5 Å². The van der Waals surface area contributed by atoms with Crippen LogP contribution >= 0.6 is 11.6 Å². The van der Waals surface area contributed by atoms with E-state index in [1.54, 1.807) is 6.20 Å². The maximum atomic E-state index is 12.6. The third kappa shape index (κ3) is 3.58. The van der Waals surface area contributed by atoms with Gasteiger partial charge in [-0.1, -0.05) is 30.2 Å². The monoisotopic (exact) mass is 358 g/mol. The van der Waals surface area contributed by atoms with Crippen molar-refractivity contribution in [1.82, 2.24) is 20.4 Å². The quantitative estimate of drug-likeness (QED) is 0.879. The average Bonchev–Trinajstić information content (AvgIpc) is 3.09. The molecule has 132 valence electrons. The third-order valence-electron chi connectivity index (χ3n) is 5.37. The summed E-state index contributed by atoms with van der Waals surface area (Å²) in [5.41, 5.74) is 2.23. The second-order valence-corrected chi connectivity index (χ2v) is 7.49. The Balaban J connectivity index is 1.37. The molecule has 1 amide bonds. The summed E-state index contributed by atoms with van der Waals surface area (Å²) in [5, 5.41) is 10.8. The van der Waals surface area contributed by atoms with Crippen molar-refractivity contribution in [2.75, 3.05) is 13.1 Å². The predicted molar refractivity (Wildman–Crippen MR) is 98.7 cm³/mol. The van der Waals surface area contributed by atoms with E-state index in [0.29, 0.717) is 16.6 Å². The van der Waals surface area contributed by atoms with Crippen LogP contribution in [0, 0.1) is 0 Å². The average molecular weight is 359 g/mol. The number of aromatic amines is 1. The van der Waals surface area contributed by atoms with E-state index < -0.39 is 0 Å². The van der Waals surface area contributed by atoms with E-state index in [9.17, 15) is 4.79 Å². The number of aromatic nitrogens is 2. The lowest BCUT2D eigenvalue weighted by molar-refractivity contribution is 0.0678. The topological polar surface area (TPSA) is 61.0 Å². The van der Waals surface area contributed by atoms with Gasteiger partial charge in [0.25, 0.3) is 5.91 Å². The Labute approximate surface area is 152 Å². The maximum Gasteiger partial charge on any atom is 0.255 e. The Morgan fingerprint density at radius 3 is 2.60 bits per heavy atom. The third-order valence-corrected chi connectivity index (χ3v) is 5.62. The first-order valence-corrected chi connectivity index (χ1v) is 9.43. The second-order valence-electron chi connectivity index (χ2n) is 7.06. The largest absolute Gasteiger partial charge is 0.349 e. The van der Waals surface area contributed by atoms with Gasteiger partial charge < -0.3 is 10.2 Å². The molecule has 1 aromatic heterocycles. The fraction of sp³-hybridized carbons (Fsp3) is 0.474. The Bertz CT molecular complexity index is 730. The van der Waals surface area contributed by atoms with E-state index in [2.05, 4.69) is 20.4 Å². The van der Waals surface area contributed by atoms with Crippen LogP contribution in [0.3, 0.4) is 0 Å². The van der Waals surface area contributed by atoms with E-state index in [4.69, 9.17) is 11.6 Å². The highest BCUT2D eigenvalue weighted by molar-refractivity contribution is 6.30. The van der Waals surface area contributed by atoms with E-state index in [0.717, 1.165) is 24.1 Å². The molecule has 2 N–H and O–H groups in total. The second kappa shape index (κ2) is 7.18. The number of piperidine rings is 1. The highest BCUT2D eigenvalue weighted by atomic mass is 35.5. The molecular weight excluding hydrogens is 336 g/mol. The molecule has 1 saturated carbocycles. The molecule has 0 radical (unpaired) electrons. The van der Waals surface area contributed by atoms with E-state index in [1.165, 1.54) is 32.4 Å². The number of carbonyl (C=O) groups is 1. The zero-order chi connectivity index (χ0) is 17.2.